The Balaban J connectivity index is 2.46. The average Bonchev–Trinajstić information content (AvgIpc) is 3.31. The van der Waals surface area contributed by atoms with Crippen molar-refractivity contribution in [1.82, 2.24) is 0 Å². The molecule has 6 unspecified atom stereocenters. The fraction of sp³-hybridized carbons (Fsp3) is 0.582. The zero-order valence-corrected chi connectivity index (χ0v) is 41.9. The molecule has 1 aliphatic rings. The molecule has 4 N–H and O–H groups in total. The Kier molecular flexibility index (Phi) is 40.7. The van der Waals surface area contributed by atoms with Crippen LogP contribution in [0.4, 0.5) is 0 Å². The summed E-state index contributed by atoms with van der Waals surface area (Å²) in [5, 5.41) is 30.7. The van der Waals surface area contributed by atoms with Gasteiger partial charge in [-0.05, 0) is 96.3 Å². The Morgan fingerprint density at radius 3 is 1.41 bits per heavy atom. The van der Waals surface area contributed by atoms with Gasteiger partial charge in [0.2, 0.25) is 0 Å². The van der Waals surface area contributed by atoms with E-state index in [1.54, 1.807) is 0 Å². The maximum atomic E-state index is 12.9. The quantitative estimate of drug-likeness (QED) is 0.0198. The van der Waals surface area contributed by atoms with Gasteiger partial charge in [0.25, 0.3) is 0 Å². The number of carbonyl (C=O) groups excluding carboxylic acids is 1. The van der Waals surface area contributed by atoms with E-state index in [1.807, 2.05) is 12.2 Å². The summed E-state index contributed by atoms with van der Waals surface area (Å²) in [6.45, 7) is 3.60. The van der Waals surface area contributed by atoms with Crippen LogP contribution in [0.3, 0.4) is 0 Å². The van der Waals surface area contributed by atoms with E-state index in [9.17, 15) is 33.1 Å². The molecule has 0 aromatic carbocycles. The first-order valence-electron chi connectivity index (χ1n) is 24.9. The lowest BCUT2D eigenvalue weighted by Crippen LogP contribution is -2.60. The van der Waals surface area contributed by atoms with Crippen molar-refractivity contribution < 1.29 is 56.2 Å². The molecular formula is C55H86O12S. The largest absolute Gasteiger partial charge is 0.457 e. The molecule has 13 heteroatoms. The number of esters is 1. The predicted molar refractivity (Wildman–Crippen MR) is 275 cm³/mol. The molecule has 0 aliphatic carbocycles. The monoisotopic (exact) mass is 971 g/mol. The van der Waals surface area contributed by atoms with E-state index in [4.69, 9.17) is 18.9 Å². The Bertz CT molecular complexity index is 1690. The molecule has 0 amide bonds. The molecule has 1 fully saturated rings. The second-order valence-corrected chi connectivity index (χ2v) is 17.3. The van der Waals surface area contributed by atoms with Crippen LogP contribution in [0.25, 0.3) is 0 Å². The van der Waals surface area contributed by atoms with Crippen LogP contribution in [-0.2, 0) is 38.3 Å². The minimum absolute atomic E-state index is 0.0152. The van der Waals surface area contributed by atoms with Gasteiger partial charge < -0.3 is 34.3 Å². The third kappa shape index (κ3) is 37.2. The van der Waals surface area contributed by atoms with Gasteiger partial charge in [0.1, 0.15) is 30.5 Å². The van der Waals surface area contributed by atoms with Gasteiger partial charge >= 0.3 is 16.4 Å². The first-order valence-corrected chi connectivity index (χ1v) is 26.3. The standard InChI is InChI=1S/C55H86O12S/c1-3-5-7-9-11-13-15-17-19-21-23-24-25-27-29-31-33-35-37-39-41-43-45-63-47-49(48-64-55-53(59)54(67-68(60,61)62)52(58)50(46-56)66-55)65-51(57)44-42-40-38-36-34-32-30-28-26-22-20-18-16-14-12-10-8-6-4-2/h5-8,11-14,17-20,23-24,26-29,32,34,38,40,49-50,52-56,58-59H,3-4,9-10,15-16,21-22,25,30-31,33,35-37,39,41-48H2,1-2H3,(H,60,61,62)/b7-5-,8-6-,13-11-,14-12-,19-17-,20-18-,24-23-,28-26-,29-27-,34-32-,40-38-. The summed E-state index contributed by atoms with van der Waals surface area (Å²) in [6, 6.07) is 0. The Labute approximate surface area is 410 Å². The molecule has 1 aliphatic heterocycles. The Morgan fingerprint density at radius 2 is 0.971 bits per heavy atom. The van der Waals surface area contributed by atoms with Crippen LogP contribution < -0.4 is 0 Å². The van der Waals surface area contributed by atoms with Crippen molar-refractivity contribution >= 4 is 16.4 Å². The summed E-state index contributed by atoms with van der Waals surface area (Å²) in [5.41, 5.74) is 0. The highest BCUT2D eigenvalue weighted by atomic mass is 32.3. The van der Waals surface area contributed by atoms with Crippen LogP contribution in [0.1, 0.15) is 142 Å². The lowest BCUT2D eigenvalue weighted by Gasteiger charge is -2.41. The fourth-order valence-electron chi connectivity index (χ4n) is 6.61. The van der Waals surface area contributed by atoms with Crippen LogP contribution in [0, 0.1) is 0 Å². The smallest absolute Gasteiger partial charge is 0.397 e. The number of carbonyl (C=O) groups is 1. The lowest BCUT2D eigenvalue weighted by atomic mass is 9.99. The SMILES string of the molecule is CC/C=C\C/C=C\C/C=C\C/C=C\C/C=C\C/C=C\CCC(=O)OC(COCCCCCCCC/C=C\C/C=C\C/C=C\C/C=C\C/C=C\CC)COC1OC(CO)C(O)C(OS(=O)(=O)O)C1O. The highest BCUT2D eigenvalue weighted by Crippen LogP contribution is 2.26. The molecule has 1 heterocycles. The summed E-state index contributed by atoms with van der Waals surface area (Å²) in [7, 11) is -5.09. The Morgan fingerprint density at radius 1 is 0.559 bits per heavy atom. The molecule has 0 radical (unpaired) electrons. The molecule has 12 nitrogen and oxygen atoms in total. The molecule has 1 rings (SSSR count). The average molecular weight is 971 g/mol. The summed E-state index contributed by atoms with van der Waals surface area (Å²) in [5.74, 6) is -0.493. The van der Waals surface area contributed by atoms with Crippen molar-refractivity contribution in [3.63, 3.8) is 0 Å². The first kappa shape index (κ1) is 62.3. The van der Waals surface area contributed by atoms with Crippen LogP contribution >= 0.6 is 0 Å². The van der Waals surface area contributed by atoms with Gasteiger partial charge in [-0.15, -0.1) is 0 Å². The molecule has 0 saturated carbocycles. The topological polar surface area (TPSA) is 178 Å². The predicted octanol–water partition coefficient (Wildman–Crippen LogP) is 11.5. The minimum Gasteiger partial charge on any atom is -0.457 e. The fourth-order valence-corrected chi connectivity index (χ4v) is 7.11. The number of ether oxygens (including phenoxy) is 4. The summed E-state index contributed by atoms with van der Waals surface area (Å²) < 4.78 is 59.1. The van der Waals surface area contributed by atoms with E-state index in [0.717, 1.165) is 116 Å². The van der Waals surface area contributed by atoms with Crippen molar-refractivity contribution in [2.75, 3.05) is 26.4 Å². The first-order chi connectivity index (χ1) is 33.1. The van der Waals surface area contributed by atoms with Gasteiger partial charge in [0.05, 0.1) is 19.8 Å². The second-order valence-electron chi connectivity index (χ2n) is 16.3. The molecule has 68 heavy (non-hydrogen) atoms. The van der Waals surface area contributed by atoms with E-state index in [0.29, 0.717) is 13.0 Å². The number of unbranched alkanes of at least 4 members (excludes halogenated alkanes) is 6. The van der Waals surface area contributed by atoms with Gasteiger partial charge in [0.15, 0.2) is 6.29 Å². The zero-order chi connectivity index (χ0) is 49.6. The highest BCUT2D eigenvalue weighted by Gasteiger charge is 2.48. The normalized spacial score (nSPS) is 20.5. The minimum atomic E-state index is -5.09. The summed E-state index contributed by atoms with van der Waals surface area (Å²) >= 11 is 0. The molecule has 384 valence electrons. The number of aliphatic hydroxyl groups is 3. The van der Waals surface area contributed by atoms with E-state index >= 15 is 0 Å². The van der Waals surface area contributed by atoms with Gasteiger partial charge in [-0.3, -0.25) is 9.35 Å². The molecular weight excluding hydrogens is 885 g/mol. The van der Waals surface area contributed by atoms with Gasteiger partial charge in [-0.25, -0.2) is 4.18 Å². The summed E-state index contributed by atoms with van der Waals surface area (Å²) in [6.07, 6.45) is 56.3. The molecule has 0 aromatic rings. The summed E-state index contributed by atoms with van der Waals surface area (Å²) in [4.78, 5) is 12.9. The number of aliphatic hydroxyl groups excluding tert-OH is 3. The molecule has 1 saturated heterocycles. The van der Waals surface area contributed by atoms with Gasteiger partial charge in [0, 0.05) is 13.0 Å². The number of hydrogen-bond acceptors (Lipinski definition) is 11. The molecule has 0 spiro atoms. The van der Waals surface area contributed by atoms with E-state index in [1.165, 1.54) is 0 Å². The number of allylic oxidation sites excluding steroid dienone is 22. The van der Waals surface area contributed by atoms with Crippen molar-refractivity contribution in [2.45, 2.75) is 179 Å². The maximum Gasteiger partial charge on any atom is 0.397 e. The van der Waals surface area contributed by atoms with Crippen LogP contribution in [0.2, 0.25) is 0 Å². The molecule has 6 atom stereocenters. The molecule has 0 bridgehead atoms. The third-order valence-electron chi connectivity index (χ3n) is 10.3. The number of hydrogen-bond donors (Lipinski definition) is 4. The van der Waals surface area contributed by atoms with Crippen molar-refractivity contribution in [3.8, 4) is 0 Å². The highest BCUT2D eigenvalue weighted by molar-refractivity contribution is 7.80. The number of rotatable bonds is 41. The van der Waals surface area contributed by atoms with E-state index in [2.05, 4.69) is 140 Å². The zero-order valence-electron chi connectivity index (χ0n) is 41.1. The van der Waals surface area contributed by atoms with E-state index in [-0.39, 0.29) is 19.6 Å². The van der Waals surface area contributed by atoms with E-state index < -0.39 is 59.8 Å². The van der Waals surface area contributed by atoms with Crippen molar-refractivity contribution in [1.29, 1.82) is 0 Å². The van der Waals surface area contributed by atoms with Crippen LogP contribution in [-0.4, -0.2) is 97.5 Å². The van der Waals surface area contributed by atoms with Crippen molar-refractivity contribution in [2.24, 2.45) is 0 Å². The van der Waals surface area contributed by atoms with Gasteiger partial charge in [-0.1, -0.05) is 173 Å². The second kappa shape index (κ2) is 44.4. The maximum absolute atomic E-state index is 12.9. The van der Waals surface area contributed by atoms with Crippen LogP contribution in [0.5, 0.6) is 0 Å². The molecule has 0 aromatic heterocycles. The third-order valence-corrected chi connectivity index (χ3v) is 10.7. The van der Waals surface area contributed by atoms with Gasteiger partial charge in [-0.2, -0.15) is 8.42 Å². The van der Waals surface area contributed by atoms with Crippen LogP contribution in [0.15, 0.2) is 134 Å². The Hall–Kier alpha value is -3.76. The van der Waals surface area contributed by atoms with Crippen molar-refractivity contribution in [3.05, 3.63) is 134 Å². The lowest BCUT2D eigenvalue weighted by molar-refractivity contribution is -0.301.